The number of thioether (sulfide) groups is 1. The minimum absolute atomic E-state index is 0.00563. The van der Waals surface area contributed by atoms with Gasteiger partial charge in [0.15, 0.2) is 0 Å². The first-order valence-corrected chi connectivity index (χ1v) is 12.6. The van der Waals surface area contributed by atoms with E-state index in [-0.39, 0.29) is 37.0 Å². The molecule has 2 rings (SSSR count). The zero-order valence-electron chi connectivity index (χ0n) is 19.1. The van der Waals surface area contributed by atoms with Crippen molar-refractivity contribution >= 4 is 29.7 Å². The number of rotatable bonds is 20. The van der Waals surface area contributed by atoms with Crippen molar-refractivity contribution in [2.24, 2.45) is 0 Å². The molecule has 2 heterocycles. The van der Waals surface area contributed by atoms with E-state index in [0.29, 0.717) is 64.5 Å². The van der Waals surface area contributed by atoms with Gasteiger partial charge in [-0.2, -0.15) is 11.8 Å². The Balaban J connectivity index is 1.28. The molecule has 190 valence electrons. The lowest BCUT2D eigenvalue weighted by molar-refractivity contribution is -0.138. The monoisotopic (exact) mass is 491 g/mol. The summed E-state index contributed by atoms with van der Waals surface area (Å²) in [6, 6.07) is 0.408. The second kappa shape index (κ2) is 16.9. The quantitative estimate of drug-likeness (QED) is 0.140. The lowest BCUT2D eigenvalue weighted by atomic mass is 10.0. The molecular formula is C21H37N3O8S. The molecular weight excluding hydrogens is 454 g/mol. The molecule has 3 atom stereocenters. The zero-order chi connectivity index (χ0) is 23.7. The molecule has 0 aromatic rings. The molecule has 0 aromatic heterocycles. The maximum atomic E-state index is 11.9. The summed E-state index contributed by atoms with van der Waals surface area (Å²) < 4.78 is 21.2. The van der Waals surface area contributed by atoms with Gasteiger partial charge in [0.2, 0.25) is 5.91 Å². The minimum atomic E-state index is -0.878. The molecule has 3 amide bonds. The van der Waals surface area contributed by atoms with Gasteiger partial charge in [0.25, 0.3) is 0 Å². The summed E-state index contributed by atoms with van der Waals surface area (Å²) in [7, 11) is 0. The van der Waals surface area contributed by atoms with Crippen LogP contribution < -0.4 is 16.0 Å². The van der Waals surface area contributed by atoms with E-state index in [1.54, 1.807) is 0 Å². The van der Waals surface area contributed by atoms with Gasteiger partial charge in [-0.1, -0.05) is 6.42 Å². The molecule has 12 heteroatoms. The van der Waals surface area contributed by atoms with Crippen LogP contribution in [-0.2, 0) is 28.5 Å². The van der Waals surface area contributed by atoms with E-state index in [1.807, 2.05) is 11.8 Å². The molecule has 2 fully saturated rings. The number of unbranched alkanes of at least 4 members (excludes halogenated alkanes) is 1. The fraction of sp³-hybridized carbons (Fsp3) is 0.857. The van der Waals surface area contributed by atoms with Crippen molar-refractivity contribution < 1.29 is 38.4 Å². The van der Waals surface area contributed by atoms with Crippen LogP contribution >= 0.6 is 11.8 Å². The Labute approximate surface area is 199 Å². The van der Waals surface area contributed by atoms with Crippen molar-refractivity contribution in [2.45, 2.75) is 49.4 Å². The highest BCUT2D eigenvalue weighted by atomic mass is 32.2. The number of fused-ring (bicyclic) bond motifs is 1. The number of nitrogens with one attached hydrogen (secondary N) is 3. The van der Waals surface area contributed by atoms with Crippen LogP contribution in [0.5, 0.6) is 0 Å². The molecule has 2 aliphatic rings. The third-order valence-corrected chi connectivity index (χ3v) is 6.73. The Kier molecular flexibility index (Phi) is 14.2. The summed E-state index contributed by atoms with van der Waals surface area (Å²) in [6.45, 7) is 3.63. The van der Waals surface area contributed by atoms with Gasteiger partial charge in [-0.3, -0.25) is 9.59 Å². The maximum absolute atomic E-state index is 11.9. The van der Waals surface area contributed by atoms with Crippen molar-refractivity contribution in [1.82, 2.24) is 16.0 Å². The number of urea groups is 1. The van der Waals surface area contributed by atoms with Crippen LogP contribution in [0.25, 0.3) is 0 Å². The van der Waals surface area contributed by atoms with Crippen LogP contribution in [0.4, 0.5) is 4.79 Å². The van der Waals surface area contributed by atoms with Crippen LogP contribution in [0.15, 0.2) is 0 Å². The molecule has 0 radical (unpaired) electrons. The third kappa shape index (κ3) is 12.4. The predicted molar refractivity (Wildman–Crippen MR) is 122 cm³/mol. The molecule has 0 unspecified atom stereocenters. The first kappa shape index (κ1) is 27.6. The Morgan fingerprint density at radius 3 is 2.21 bits per heavy atom. The highest BCUT2D eigenvalue weighted by Crippen LogP contribution is 2.33. The molecule has 2 saturated heterocycles. The molecule has 0 aliphatic carbocycles. The van der Waals surface area contributed by atoms with E-state index >= 15 is 0 Å². The van der Waals surface area contributed by atoms with E-state index in [0.717, 1.165) is 25.0 Å². The lowest BCUT2D eigenvalue weighted by Gasteiger charge is -2.16. The lowest BCUT2D eigenvalue weighted by Crippen LogP contribution is -2.36. The molecule has 4 N–H and O–H groups in total. The number of hydrogen-bond acceptors (Lipinski definition) is 8. The number of carbonyl (C=O) groups excluding carboxylic acids is 2. The number of aliphatic carboxylic acids is 1. The topological polar surface area (TPSA) is 144 Å². The average Bonchev–Trinajstić information content (AvgIpc) is 3.33. The van der Waals surface area contributed by atoms with Gasteiger partial charge in [0.05, 0.1) is 71.4 Å². The first-order valence-electron chi connectivity index (χ1n) is 11.5. The summed E-state index contributed by atoms with van der Waals surface area (Å²) >= 11 is 1.90. The first-order chi connectivity index (χ1) is 16.1. The second-order valence-electron chi connectivity index (χ2n) is 7.81. The summed E-state index contributed by atoms with van der Waals surface area (Å²) in [5, 5.41) is 17.7. The molecule has 0 aromatic carbocycles. The second-order valence-corrected chi connectivity index (χ2v) is 9.08. The fourth-order valence-electron chi connectivity index (χ4n) is 3.55. The van der Waals surface area contributed by atoms with Crippen LogP contribution in [0.1, 0.15) is 32.1 Å². The molecule has 0 bridgehead atoms. The molecule has 0 spiro atoms. The predicted octanol–water partition coefficient (Wildman–Crippen LogP) is 0.370. The Bertz CT molecular complexity index is 598. The Morgan fingerprint density at radius 2 is 1.55 bits per heavy atom. The summed E-state index contributed by atoms with van der Waals surface area (Å²) in [5.74, 6) is 0.115. The smallest absolute Gasteiger partial charge is 0.315 e. The van der Waals surface area contributed by atoms with Crippen molar-refractivity contribution in [1.29, 1.82) is 0 Å². The summed E-state index contributed by atoms with van der Waals surface area (Å²) in [6.07, 6.45) is 3.32. The van der Waals surface area contributed by atoms with E-state index in [9.17, 15) is 14.4 Å². The van der Waals surface area contributed by atoms with Crippen LogP contribution in [-0.4, -0.2) is 106 Å². The molecule has 33 heavy (non-hydrogen) atoms. The van der Waals surface area contributed by atoms with Crippen molar-refractivity contribution in [3.63, 3.8) is 0 Å². The summed E-state index contributed by atoms with van der Waals surface area (Å²) in [4.78, 5) is 33.6. The largest absolute Gasteiger partial charge is 0.481 e. The van der Waals surface area contributed by atoms with E-state index in [2.05, 4.69) is 16.0 Å². The van der Waals surface area contributed by atoms with Crippen molar-refractivity contribution in [3.8, 4) is 0 Å². The number of carbonyl (C=O) groups is 3. The van der Waals surface area contributed by atoms with Crippen LogP contribution in [0.3, 0.4) is 0 Å². The normalized spacial score (nSPS) is 21.5. The van der Waals surface area contributed by atoms with Gasteiger partial charge in [0, 0.05) is 24.0 Å². The number of hydrogen-bond donors (Lipinski definition) is 4. The maximum Gasteiger partial charge on any atom is 0.315 e. The number of ether oxygens (including phenoxy) is 4. The summed E-state index contributed by atoms with van der Waals surface area (Å²) in [5.41, 5.74) is 0. The van der Waals surface area contributed by atoms with E-state index in [4.69, 9.17) is 24.1 Å². The van der Waals surface area contributed by atoms with Gasteiger partial charge in [-0.15, -0.1) is 0 Å². The van der Waals surface area contributed by atoms with Crippen LogP contribution in [0.2, 0.25) is 0 Å². The van der Waals surface area contributed by atoms with E-state index < -0.39 is 5.97 Å². The zero-order valence-corrected chi connectivity index (χ0v) is 19.9. The number of amides is 3. The van der Waals surface area contributed by atoms with Crippen molar-refractivity contribution in [2.75, 3.05) is 65.2 Å². The van der Waals surface area contributed by atoms with Gasteiger partial charge in [0.1, 0.15) is 0 Å². The minimum Gasteiger partial charge on any atom is -0.481 e. The highest BCUT2D eigenvalue weighted by molar-refractivity contribution is 8.00. The van der Waals surface area contributed by atoms with Gasteiger partial charge in [-0.05, 0) is 12.8 Å². The highest BCUT2D eigenvalue weighted by Gasteiger charge is 2.42. The number of carboxylic acids is 1. The SMILES string of the molecule is O=C(O)CCOCCOCCOCCOCCNC(=O)CCCC[C@H]1SC[C@H]2NC(=O)N[C@H]21. The molecule has 11 nitrogen and oxygen atoms in total. The standard InChI is InChI=1S/C21H37N3O8S/c25-18(4-2-1-3-17-20-16(15-33-17)23-21(28)24-20)22-6-8-30-10-12-32-14-13-31-11-9-29-7-5-19(26)27/h16-17,20H,1-15H2,(H,22,25)(H,26,27)(H2,23,24,28)/t16-,17-,20-/m1/s1. The molecule has 2 aliphatic heterocycles. The third-order valence-electron chi connectivity index (χ3n) is 5.23. The van der Waals surface area contributed by atoms with Crippen LogP contribution in [0, 0.1) is 0 Å². The van der Waals surface area contributed by atoms with Gasteiger partial charge < -0.3 is 40.0 Å². The van der Waals surface area contributed by atoms with Gasteiger partial charge in [-0.25, -0.2) is 4.79 Å². The Morgan fingerprint density at radius 1 is 0.909 bits per heavy atom. The molecule has 0 saturated carbocycles. The van der Waals surface area contributed by atoms with E-state index in [1.165, 1.54) is 0 Å². The average molecular weight is 492 g/mol. The Hall–Kier alpha value is -1.60. The fourth-order valence-corrected chi connectivity index (χ4v) is 5.09. The number of carboxylic acid groups (broad SMARTS) is 1. The van der Waals surface area contributed by atoms with Crippen molar-refractivity contribution in [3.05, 3.63) is 0 Å². The van der Waals surface area contributed by atoms with Gasteiger partial charge >= 0.3 is 12.0 Å².